The standard InChI is InChI=1S/C15H22N6O3S2/c1-2-3-4-5-6-20-15(17-18-19-20)26-8-9-7-25-13-10(16)12(22)21(13)11(9)14(23)24/h10,13H,2-8,16H2,1H3,(H,23,24)/t10?,13-/m1/s1. The smallest absolute Gasteiger partial charge is 0.352 e. The summed E-state index contributed by atoms with van der Waals surface area (Å²) in [6.45, 7) is 2.91. The molecule has 142 valence electrons. The van der Waals surface area contributed by atoms with Crippen LogP contribution in [0.5, 0.6) is 0 Å². The lowest BCUT2D eigenvalue weighted by molar-refractivity contribution is -0.147. The molecule has 9 nitrogen and oxygen atoms in total. The molecular weight excluding hydrogens is 376 g/mol. The van der Waals surface area contributed by atoms with Crippen LogP contribution >= 0.6 is 23.5 Å². The number of hydrogen-bond acceptors (Lipinski definition) is 8. The van der Waals surface area contributed by atoms with Crippen molar-refractivity contribution in [2.24, 2.45) is 5.73 Å². The summed E-state index contributed by atoms with van der Waals surface area (Å²) in [6, 6.07) is -0.612. The van der Waals surface area contributed by atoms with Crippen LogP contribution in [0.25, 0.3) is 0 Å². The number of thioether (sulfide) groups is 2. The zero-order chi connectivity index (χ0) is 18.7. The average molecular weight is 399 g/mol. The number of aliphatic carboxylic acids is 1. The number of carbonyl (C=O) groups excluding carboxylic acids is 1. The highest BCUT2D eigenvalue weighted by Crippen LogP contribution is 2.40. The zero-order valence-electron chi connectivity index (χ0n) is 14.5. The maximum atomic E-state index is 12.0. The molecule has 0 radical (unpaired) electrons. The van der Waals surface area contributed by atoms with Gasteiger partial charge in [0.05, 0.1) is 0 Å². The molecule has 3 heterocycles. The van der Waals surface area contributed by atoms with Crippen molar-refractivity contribution >= 4 is 35.4 Å². The molecule has 3 rings (SSSR count). The summed E-state index contributed by atoms with van der Waals surface area (Å²) in [6.07, 6.45) is 4.49. The van der Waals surface area contributed by atoms with E-state index in [1.165, 1.54) is 41.3 Å². The maximum Gasteiger partial charge on any atom is 0.352 e. The number of carboxylic acid groups (broad SMARTS) is 1. The van der Waals surface area contributed by atoms with E-state index in [1.54, 1.807) is 4.68 Å². The Morgan fingerprint density at radius 1 is 1.42 bits per heavy atom. The number of aromatic nitrogens is 4. The molecule has 2 aliphatic rings. The van der Waals surface area contributed by atoms with E-state index >= 15 is 0 Å². The first-order valence-corrected chi connectivity index (χ1v) is 10.6. The predicted octanol–water partition coefficient (Wildman–Crippen LogP) is 0.927. The van der Waals surface area contributed by atoms with Gasteiger partial charge in [0.15, 0.2) is 0 Å². The highest BCUT2D eigenvalue weighted by atomic mass is 32.2. The Morgan fingerprint density at radius 3 is 2.96 bits per heavy atom. The fraction of sp³-hybridized carbons (Fsp3) is 0.667. The highest BCUT2D eigenvalue weighted by Gasteiger charge is 2.51. The molecule has 0 spiro atoms. The maximum absolute atomic E-state index is 12.0. The number of fused-ring (bicyclic) bond motifs is 1. The van der Waals surface area contributed by atoms with Crippen LogP contribution in [0.4, 0.5) is 0 Å². The number of β-lactam (4-membered cyclic amide) rings is 1. The zero-order valence-corrected chi connectivity index (χ0v) is 16.1. The van der Waals surface area contributed by atoms with Crippen molar-refractivity contribution in [2.45, 2.75) is 55.7 Å². The molecule has 3 N–H and O–H groups in total. The van der Waals surface area contributed by atoms with Gasteiger partial charge in [-0.15, -0.1) is 16.9 Å². The van der Waals surface area contributed by atoms with E-state index in [0.717, 1.165) is 19.4 Å². The van der Waals surface area contributed by atoms with Gasteiger partial charge >= 0.3 is 5.97 Å². The quantitative estimate of drug-likeness (QED) is 0.354. The number of unbranched alkanes of at least 4 members (excludes halogenated alkanes) is 3. The Labute approximate surface area is 159 Å². The van der Waals surface area contributed by atoms with E-state index in [4.69, 9.17) is 5.73 Å². The van der Waals surface area contributed by atoms with Gasteiger partial charge in [0.25, 0.3) is 0 Å². The van der Waals surface area contributed by atoms with Crippen LogP contribution in [-0.4, -0.2) is 65.0 Å². The van der Waals surface area contributed by atoms with Crippen molar-refractivity contribution in [1.82, 2.24) is 25.1 Å². The minimum atomic E-state index is -1.09. The van der Waals surface area contributed by atoms with Crippen molar-refractivity contribution in [3.63, 3.8) is 0 Å². The van der Waals surface area contributed by atoms with Crippen molar-refractivity contribution in [3.05, 3.63) is 11.3 Å². The Bertz CT molecular complexity index is 722. The van der Waals surface area contributed by atoms with Gasteiger partial charge in [-0.05, 0) is 22.4 Å². The fourth-order valence-corrected chi connectivity index (χ4v) is 5.31. The predicted molar refractivity (Wildman–Crippen MR) is 98.4 cm³/mol. The van der Waals surface area contributed by atoms with Gasteiger partial charge in [-0.3, -0.25) is 9.69 Å². The summed E-state index contributed by atoms with van der Waals surface area (Å²) in [5.41, 5.74) is 6.52. The second-order valence-corrected chi connectivity index (χ2v) is 8.27. The number of carbonyl (C=O) groups is 2. The van der Waals surface area contributed by atoms with Gasteiger partial charge < -0.3 is 10.8 Å². The molecule has 0 aliphatic carbocycles. The molecule has 1 unspecified atom stereocenters. The van der Waals surface area contributed by atoms with Gasteiger partial charge in [-0.2, -0.15) is 0 Å². The van der Waals surface area contributed by atoms with E-state index in [9.17, 15) is 14.7 Å². The van der Waals surface area contributed by atoms with Crippen molar-refractivity contribution in [1.29, 1.82) is 0 Å². The second kappa shape index (κ2) is 8.40. The third-order valence-corrected chi connectivity index (χ3v) is 6.79. The van der Waals surface area contributed by atoms with Crippen LogP contribution < -0.4 is 5.73 Å². The van der Waals surface area contributed by atoms with Crippen LogP contribution in [0.1, 0.15) is 32.6 Å². The number of amides is 1. The minimum Gasteiger partial charge on any atom is -0.477 e. The molecule has 2 aliphatic heterocycles. The lowest BCUT2D eigenvalue weighted by atomic mass is 10.0. The molecule has 1 aromatic rings. The summed E-state index contributed by atoms with van der Waals surface area (Å²) in [7, 11) is 0. The number of tetrazole rings is 1. The number of carboxylic acids is 1. The van der Waals surface area contributed by atoms with Crippen LogP contribution in [0, 0.1) is 0 Å². The average Bonchev–Trinajstić information content (AvgIpc) is 3.09. The Morgan fingerprint density at radius 2 is 2.23 bits per heavy atom. The first-order valence-electron chi connectivity index (χ1n) is 8.59. The molecule has 2 atom stereocenters. The summed E-state index contributed by atoms with van der Waals surface area (Å²) in [5, 5.41) is 21.7. The highest BCUT2D eigenvalue weighted by molar-refractivity contribution is 8.01. The van der Waals surface area contributed by atoms with Crippen LogP contribution in [-0.2, 0) is 16.1 Å². The Hall–Kier alpha value is -1.59. The molecule has 0 saturated carbocycles. The van der Waals surface area contributed by atoms with Crippen LogP contribution in [0.3, 0.4) is 0 Å². The monoisotopic (exact) mass is 398 g/mol. The molecule has 1 aromatic heterocycles. The third kappa shape index (κ3) is 3.74. The Balaban J connectivity index is 1.66. The molecule has 0 aromatic carbocycles. The van der Waals surface area contributed by atoms with Gasteiger partial charge in [-0.1, -0.05) is 37.9 Å². The van der Waals surface area contributed by atoms with E-state index in [0.29, 0.717) is 22.2 Å². The normalized spacial score (nSPS) is 22.4. The number of rotatable bonds is 9. The summed E-state index contributed by atoms with van der Waals surface area (Å²) < 4.78 is 1.75. The minimum absolute atomic E-state index is 0.0647. The molecule has 11 heteroatoms. The van der Waals surface area contributed by atoms with Crippen LogP contribution in [0.2, 0.25) is 0 Å². The lowest BCUT2D eigenvalue weighted by Gasteiger charge is -2.48. The molecule has 1 saturated heterocycles. The fourth-order valence-electron chi connectivity index (χ4n) is 2.97. The van der Waals surface area contributed by atoms with Crippen molar-refractivity contribution in [2.75, 3.05) is 11.5 Å². The molecule has 1 amide bonds. The van der Waals surface area contributed by atoms with Gasteiger partial charge in [0.2, 0.25) is 11.1 Å². The SMILES string of the molecule is CCCCCCn1nnnc1SCC1=C(C(=O)O)N2C(=O)C(N)[C@H]2SC1. The van der Waals surface area contributed by atoms with E-state index in [2.05, 4.69) is 22.4 Å². The molecular formula is C15H22N6O3S2. The number of nitrogens with zero attached hydrogens (tertiary/aromatic N) is 5. The summed E-state index contributed by atoms with van der Waals surface area (Å²) in [5.74, 6) is -0.460. The number of hydrogen-bond donors (Lipinski definition) is 2. The summed E-state index contributed by atoms with van der Waals surface area (Å²) in [4.78, 5) is 25.0. The summed E-state index contributed by atoms with van der Waals surface area (Å²) >= 11 is 2.90. The lowest BCUT2D eigenvalue weighted by Crippen LogP contribution is -2.68. The van der Waals surface area contributed by atoms with E-state index < -0.39 is 12.0 Å². The molecule has 0 bridgehead atoms. The van der Waals surface area contributed by atoms with Gasteiger partial charge in [-0.25, -0.2) is 9.48 Å². The molecule has 1 fully saturated rings. The van der Waals surface area contributed by atoms with Crippen molar-refractivity contribution < 1.29 is 14.7 Å². The molecule has 26 heavy (non-hydrogen) atoms. The topological polar surface area (TPSA) is 127 Å². The van der Waals surface area contributed by atoms with Crippen LogP contribution in [0.15, 0.2) is 16.4 Å². The Kier molecular flexibility index (Phi) is 6.20. The van der Waals surface area contributed by atoms with E-state index in [1.807, 2.05) is 0 Å². The number of aryl methyl sites for hydroxylation is 1. The van der Waals surface area contributed by atoms with E-state index in [-0.39, 0.29) is 17.0 Å². The van der Waals surface area contributed by atoms with Crippen molar-refractivity contribution in [3.8, 4) is 0 Å². The first kappa shape index (κ1) is 19.2. The largest absolute Gasteiger partial charge is 0.477 e. The number of nitrogens with two attached hydrogens (primary N) is 1. The second-order valence-electron chi connectivity index (χ2n) is 6.23. The first-order chi connectivity index (χ1) is 12.5. The van der Waals surface area contributed by atoms with Gasteiger partial charge in [0, 0.05) is 18.1 Å². The third-order valence-electron chi connectivity index (χ3n) is 4.39. The van der Waals surface area contributed by atoms with Gasteiger partial charge in [0.1, 0.15) is 17.1 Å².